The van der Waals surface area contributed by atoms with Gasteiger partial charge in [0.15, 0.2) is 6.10 Å². The largest absolute Gasteiger partial charge is 0.492 e. The van der Waals surface area contributed by atoms with Crippen molar-refractivity contribution in [3.63, 3.8) is 0 Å². The van der Waals surface area contributed by atoms with Crippen molar-refractivity contribution in [2.45, 2.75) is 40.7 Å². The molecule has 0 saturated heterocycles. The van der Waals surface area contributed by atoms with Gasteiger partial charge in [0.2, 0.25) is 0 Å². The number of carbonyl (C=O) groups is 1. The zero-order chi connectivity index (χ0) is 18.4. The second-order valence-corrected chi connectivity index (χ2v) is 6.55. The number of aryl methyl sites for hydroxylation is 4. The summed E-state index contributed by atoms with van der Waals surface area (Å²) in [7, 11) is 0. The standard InChI is InChI=1S/C21H27NO3/c1-14-8-15(2)11-19(10-14)24-7-6-22-21(23)18(5)25-20-12-16(3)9-17(4)13-20/h8-13,18H,6-7H2,1-5H3,(H,22,23). The third-order valence-corrected chi connectivity index (χ3v) is 3.74. The summed E-state index contributed by atoms with van der Waals surface area (Å²) in [5, 5.41) is 2.84. The highest BCUT2D eigenvalue weighted by Gasteiger charge is 2.14. The van der Waals surface area contributed by atoms with E-state index in [0.29, 0.717) is 18.9 Å². The quantitative estimate of drug-likeness (QED) is 0.778. The van der Waals surface area contributed by atoms with Crippen LogP contribution in [-0.4, -0.2) is 25.2 Å². The number of benzene rings is 2. The lowest BCUT2D eigenvalue weighted by Gasteiger charge is -2.16. The van der Waals surface area contributed by atoms with Gasteiger partial charge in [-0.2, -0.15) is 0 Å². The van der Waals surface area contributed by atoms with Gasteiger partial charge in [-0.05, 0) is 81.1 Å². The molecule has 2 aromatic rings. The molecule has 0 aliphatic heterocycles. The van der Waals surface area contributed by atoms with Crippen LogP contribution in [0, 0.1) is 27.7 Å². The molecular weight excluding hydrogens is 314 g/mol. The van der Waals surface area contributed by atoms with Crippen LogP contribution in [0.1, 0.15) is 29.2 Å². The fraction of sp³-hybridized carbons (Fsp3) is 0.381. The van der Waals surface area contributed by atoms with Gasteiger partial charge in [0, 0.05) is 0 Å². The van der Waals surface area contributed by atoms with Crippen LogP contribution in [0.25, 0.3) is 0 Å². The lowest BCUT2D eigenvalue weighted by Crippen LogP contribution is -2.38. The fourth-order valence-corrected chi connectivity index (χ4v) is 2.76. The lowest BCUT2D eigenvalue weighted by molar-refractivity contribution is -0.127. The van der Waals surface area contributed by atoms with Crippen LogP contribution < -0.4 is 14.8 Å². The first-order chi connectivity index (χ1) is 11.8. The summed E-state index contributed by atoms with van der Waals surface area (Å²) < 4.78 is 11.4. The first-order valence-corrected chi connectivity index (χ1v) is 8.57. The average Bonchev–Trinajstić information content (AvgIpc) is 2.49. The Balaban J connectivity index is 1.77. The second-order valence-electron chi connectivity index (χ2n) is 6.55. The summed E-state index contributed by atoms with van der Waals surface area (Å²) in [5.74, 6) is 1.39. The van der Waals surface area contributed by atoms with Crippen LogP contribution in [0.4, 0.5) is 0 Å². The van der Waals surface area contributed by atoms with Gasteiger partial charge < -0.3 is 14.8 Å². The van der Waals surface area contributed by atoms with Crippen LogP contribution in [0.5, 0.6) is 11.5 Å². The summed E-state index contributed by atoms with van der Waals surface area (Å²) in [6.07, 6.45) is -0.553. The van der Waals surface area contributed by atoms with Crippen LogP contribution in [0.3, 0.4) is 0 Å². The number of hydrogen-bond acceptors (Lipinski definition) is 3. The van der Waals surface area contributed by atoms with E-state index < -0.39 is 6.10 Å². The minimum atomic E-state index is -0.553. The monoisotopic (exact) mass is 341 g/mol. The molecule has 25 heavy (non-hydrogen) atoms. The van der Waals surface area contributed by atoms with Gasteiger partial charge in [-0.25, -0.2) is 0 Å². The maximum atomic E-state index is 12.1. The predicted molar refractivity (Wildman–Crippen MR) is 100 cm³/mol. The molecule has 0 radical (unpaired) electrons. The predicted octanol–water partition coefficient (Wildman–Crippen LogP) is 3.88. The Kier molecular flexibility index (Phi) is 6.45. The van der Waals surface area contributed by atoms with Gasteiger partial charge in [0.05, 0.1) is 6.54 Å². The minimum Gasteiger partial charge on any atom is -0.492 e. The number of amides is 1. The molecule has 2 aromatic carbocycles. The van der Waals surface area contributed by atoms with Gasteiger partial charge in [0.1, 0.15) is 18.1 Å². The highest BCUT2D eigenvalue weighted by Crippen LogP contribution is 2.18. The van der Waals surface area contributed by atoms with Crippen molar-refractivity contribution in [2.75, 3.05) is 13.2 Å². The Morgan fingerprint density at radius 2 is 1.36 bits per heavy atom. The van der Waals surface area contributed by atoms with E-state index in [1.54, 1.807) is 6.92 Å². The van der Waals surface area contributed by atoms with Gasteiger partial charge in [-0.1, -0.05) is 12.1 Å². The Labute approximate surface area is 150 Å². The lowest BCUT2D eigenvalue weighted by atomic mass is 10.1. The molecule has 1 N–H and O–H groups in total. The molecule has 0 aliphatic rings. The number of nitrogens with one attached hydrogen (secondary N) is 1. The highest BCUT2D eigenvalue weighted by atomic mass is 16.5. The molecule has 1 atom stereocenters. The van der Waals surface area contributed by atoms with Crippen molar-refractivity contribution in [1.29, 1.82) is 0 Å². The average molecular weight is 341 g/mol. The normalized spacial score (nSPS) is 11.7. The highest BCUT2D eigenvalue weighted by molar-refractivity contribution is 5.80. The van der Waals surface area contributed by atoms with Gasteiger partial charge in [-0.15, -0.1) is 0 Å². The van der Waals surface area contributed by atoms with E-state index in [4.69, 9.17) is 9.47 Å². The topological polar surface area (TPSA) is 47.6 Å². The van der Waals surface area contributed by atoms with Crippen molar-refractivity contribution in [1.82, 2.24) is 5.32 Å². The summed E-state index contributed by atoms with van der Waals surface area (Å²) in [4.78, 5) is 12.1. The van der Waals surface area contributed by atoms with Crippen LogP contribution >= 0.6 is 0 Å². The Hall–Kier alpha value is -2.49. The Morgan fingerprint density at radius 1 is 0.880 bits per heavy atom. The zero-order valence-corrected chi connectivity index (χ0v) is 15.7. The third-order valence-electron chi connectivity index (χ3n) is 3.74. The molecule has 0 bridgehead atoms. The molecule has 1 amide bonds. The van der Waals surface area contributed by atoms with Gasteiger partial charge in [-0.3, -0.25) is 4.79 Å². The van der Waals surface area contributed by atoms with Crippen molar-refractivity contribution in [3.8, 4) is 11.5 Å². The number of ether oxygens (including phenoxy) is 2. The molecule has 0 saturated carbocycles. The van der Waals surface area contributed by atoms with Crippen molar-refractivity contribution < 1.29 is 14.3 Å². The van der Waals surface area contributed by atoms with E-state index in [-0.39, 0.29) is 5.91 Å². The van der Waals surface area contributed by atoms with E-state index in [0.717, 1.165) is 28.0 Å². The van der Waals surface area contributed by atoms with Crippen LogP contribution in [0.15, 0.2) is 36.4 Å². The zero-order valence-electron chi connectivity index (χ0n) is 15.7. The summed E-state index contributed by atoms with van der Waals surface area (Å²) >= 11 is 0. The second kappa shape index (κ2) is 8.56. The molecule has 2 rings (SSSR count). The Morgan fingerprint density at radius 3 is 1.88 bits per heavy atom. The molecule has 4 heteroatoms. The third kappa shape index (κ3) is 6.14. The van der Waals surface area contributed by atoms with Crippen molar-refractivity contribution in [2.24, 2.45) is 0 Å². The number of carbonyl (C=O) groups excluding carboxylic acids is 1. The maximum absolute atomic E-state index is 12.1. The molecule has 0 fully saturated rings. The molecule has 134 valence electrons. The molecule has 4 nitrogen and oxygen atoms in total. The number of hydrogen-bond donors (Lipinski definition) is 1. The van der Waals surface area contributed by atoms with Crippen molar-refractivity contribution in [3.05, 3.63) is 58.7 Å². The Bertz CT molecular complexity index is 699. The van der Waals surface area contributed by atoms with Crippen LogP contribution in [0.2, 0.25) is 0 Å². The summed E-state index contributed by atoms with van der Waals surface area (Å²) in [6.45, 7) is 10.7. The van der Waals surface area contributed by atoms with Gasteiger partial charge >= 0.3 is 0 Å². The molecule has 1 unspecified atom stereocenters. The summed E-state index contributed by atoms with van der Waals surface area (Å²) in [6, 6.07) is 12.0. The van der Waals surface area contributed by atoms with E-state index in [2.05, 4.69) is 17.4 Å². The minimum absolute atomic E-state index is 0.150. The van der Waals surface area contributed by atoms with E-state index >= 15 is 0 Å². The molecule has 0 heterocycles. The fourth-order valence-electron chi connectivity index (χ4n) is 2.76. The number of rotatable bonds is 7. The summed E-state index contributed by atoms with van der Waals surface area (Å²) in [5.41, 5.74) is 4.55. The smallest absolute Gasteiger partial charge is 0.260 e. The van der Waals surface area contributed by atoms with E-state index in [9.17, 15) is 4.79 Å². The van der Waals surface area contributed by atoms with E-state index in [1.165, 1.54) is 0 Å². The van der Waals surface area contributed by atoms with E-state index in [1.807, 2.05) is 52.0 Å². The van der Waals surface area contributed by atoms with Gasteiger partial charge in [0.25, 0.3) is 5.91 Å². The van der Waals surface area contributed by atoms with Crippen LogP contribution in [-0.2, 0) is 4.79 Å². The van der Waals surface area contributed by atoms with Crippen molar-refractivity contribution >= 4 is 5.91 Å². The molecule has 0 aromatic heterocycles. The molecule has 0 spiro atoms. The SMILES string of the molecule is Cc1cc(C)cc(OCCNC(=O)C(C)Oc2cc(C)cc(C)c2)c1. The molecular formula is C21H27NO3. The molecule has 0 aliphatic carbocycles. The first kappa shape index (κ1) is 18.8. The maximum Gasteiger partial charge on any atom is 0.260 e. The first-order valence-electron chi connectivity index (χ1n) is 8.57.